The molecule has 1 saturated heterocycles. The van der Waals surface area contributed by atoms with Crippen LogP contribution in [0.3, 0.4) is 0 Å². The molecule has 134 valence electrons. The Labute approximate surface area is 152 Å². The smallest absolute Gasteiger partial charge is 0.140 e. The second-order valence-corrected chi connectivity index (χ2v) is 7.19. The normalized spacial score (nSPS) is 19.8. The van der Waals surface area contributed by atoms with Crippen molar-refractivity contribution in [1.82, 2.24) is 19.7 Å². The Hall–Kier alpha value is -2.60. The second kappa shape index (κ2) is 6.29. The van der Waals surface area contributed by atoms with Gasteiger partial charge in [-0.25, -0.2) is 9.97 Å². The number of fused-ring (bicyclic) bond motifs is 1. The van der Waals surface area contributed by atoms with Crippen LogP contribution >= 0.6 is 0 Å². The average Bonchev–Trinajstić information content (AvgIpc) is 3.23. The lowest BCUT2D eigenvalue weighted by atomic mass is 10.1. The summed E-state index contributed by atoms with van der Waals surface area (Å²) in [5.41, 5.74) is 4.10. The first kappa shape index (κ1) is 15.6. The zero-order chi connectivity index (χ0) is 17.5. The molecule has 0 radical (unpaired) electrons. The molecule has 3 aromatic heterocycles. The fourth-order valence-electron chi connectivity index (χ4n) is 3.73. The molecule has 2 fully saturated rings. The third kappa shape index (κ3) is 2.80. The van der Waals surface area contributed by atoms with Crippen molar-refractivity contribution in [2.45, 2.75) is 31.2 Å². The molecule has 1 atom stereocenters. The SMILES string of the molecule is COc1cc2ncc(-c3cccc(NC4CCNC4)n3)n2cc1C1CC1. The molecule has 4 heterocycles. The maximum atomic E-state index is 5.58. The van der Waals surface area contributed by atoms with Crippen LogP contribution in [0.15, 0.2) is 36.7 Å². The van der Waals surface area contributed by atoms with Gasteiger partial charge in [0.15, 0.2) is 0 Å². The molecule has 0 bridgehead atoms. The highest BCUT2D eigenvalue weighted by molar-refractivity contribution is 5.64. The van der Waals surface area contributed by atoms with Crippen LogP contribution in [0.2, 0.25) is 0 Å². The van der Waals surface area contributed by atoms with Gasteiger partial charge in [0.05, 0.1) is 24.7 Å². The maximum Gasteiger partial charge on any atom is 0.140 e. The molecule has 0 aromatic carbocycles. The molecule has 1 aliphatic heterocycles. The summed E-state index contributed by atoms with van der Waals surface area (Å²) < 4.78 is 7.72. The topological polar surface area (TPSA) is 63.5 Å². The first-order chi connectivity index (χ1) is 12.8. The van der Waals surface area contributed by atoms with E-state index in [4.69, 9.17) is 9.72 Å². The Morgan fingerprint density at radius 1 is 1.27 bits per heavy atom. The number of anilines is 1. The number of hydrogen-bond acceptors (Lipinski definition) is 5. The van der Waals surface area contributed by atoms with Crippen molar-refractivity contribution in [2.24, 2.45) is 0 Å². The molecule has 26 heavy (non-hydrogen) atoms. The number of ether oxygens (including phenoxy) is 1. The molecule has 5 rings (SSSR count). The zero-order valence-electron chi connectivity index (χ0n) is 14.9. The van der Waals surface area contributed by atoms with E-state index >= 15 is 0 Å². The molecule has 1 unspecified atom stereocenters. The number of imidazole rings is 1. The number of hydrogen-bond donors (Lipinski definition) is 2. The predicted molar refractivity (Wildman–Crippen MR) is 102 cm³/mol. The summed E-state index contributed by atoms with van der Waals surface area (Å²) in [5.74, 6) is 2.47. The number of nitrogens with zero attached hydrogens (tertiary/aromatic N) is 3. The van der Waals surface area contributed by atoms with E-state index in [0.717, 1.165) is 48.1 Å². The standard InChI is InChI=1S/C20H23N5O/c1-26-18-9-20-22-11-17(25(20)12-15(18)13-5-6-13)16-3-2-4-19(24-16)23-14-7-8-21-10-14/h2-4,9,11-14,21H,5-8,10H2,1H3,(H,23,24). The van der Waals surface area contributed by atoms with Crippen molar-refractivity contribution in [3.63, 3.8) is 0 Å². The lowest BCUT2D eigenvalue weighted by molar-refractivity contribution is 0.409. The van der Waals surface area contributed by atoms with Crippen molar-refractivity contribution in [1.29, 1.82) is 0 Å². The summed E-state index contributed by atoms with van der Waals surface area (Å²) in [4.78, 5) is 9.40. The van der Waals surface area contributed by atoms with Gasteiger partial charge >= 0.3 is 0 Å². The summed E-state index contributed by atoms with van der Waals surface area (Å²) in [5, 5.41) is 6.90. The molecular formula is C20H23N5O. The average molecular weight is 349 g/mol. The van der Waals surface area contributed by atoms with Gasteiger partial charge in [0.1, 0.15) is 17.2 Å². The van der Waals surface area contributed by atoms with Crippen LogP contribution in [0.1, 0.15) is 30.7 Å². The minimum atomic E-state index is 0.450. The van der Waals surface area contributed by atoms with E-state index in [-0.39, 0.29) is 0 Å². The number of rotatable bonds is 5. The molecule has 0 amide bonds. The number of aromatic nitrogens is 3. The van der Waals surface area contributed by atoms with Gasteiger partial charge in [0, 0.05) is 30.4 Å². The third-order valence-electron chi connectivity index (χ3n) is 5.30. The summed E-state index contributed by atoms with van der Waals surface area (Å²) in [6, 6.07) is 8.61. The minimum Gasteiger partial charge on any atom is -0.496 e. The monoisotopic (exact) mass is 349 g/mol. The van der Waals surface area contributed by atoms with Crippen LogP contribution in [0, 0.1) is 0 Å². The molecule has 1 saturated carbocycles. The zero-order valence-corrected chi connectivity index (χ0v) is 14.9. The Bertz CT molecular complexity index is 941. The Kier molecular flexibility index (Phi) is 3.78. The highest BCUT2D eigenvalue weighted by Crippen LogP contribution is 2.44. The second-order valence-electron chi connectivity index (χ2n) is 7.19. The van der Waals surface area contributed by atoms with E-state index < -0.39 is 0 Å². The van der Waals surface area contributed by atoms with Gasteiger partial charge in [-0.15, -0.1) is 0 Å². The molecule has 3 aromatic rings. The lowest BCUT2D eigenvalue weighted by Crippen LogP contribution is -2.22. The van der Waals surface area contributed by atoms with Gasteiger partial charge in [-0.05, 0) is 43.9 Å². The summed E-state index contributed by atoms with van der Waals surface area (Å²) in [6.45, 7) is 2.06. The Morgan fingerprint density at radius 3 is 2.96 bits per heavy atom. The van der Waals surface area contributed by atoms with E-state index in [1.807, 2.05) is 24.4 Å². The summed E-state index contributed by atoms with van der Waals surface area (Å²) >= 11 is 0. The number of methoxy groups -OCH3 is 1. The van der Waals surface area contributed by atoms with E-state index in [0.29, 0.717) is 12.0 Å². The molecule has 6 heteroatoms. The molecule has 1 aliphatic carbocycles. The van der Waals surface area contributed by atoms with Crippen molar-refractivity contribution >= 4 is 11.5 Å². The Morgan fingerprint density at radius 2 is 2.19 bits per heavy atom. The quantitative estimate of drug-likeness (QED) is 0.741. The first-order valence-corrected chi connectivity index (χ1v) is 9.31. The molecule has 6 nitrogen and oxygen atoms in total. The third-order valence-corrected chi connectivity index (χ3v) is 5.30. The van der Waals surface area contributed by atoms with Crippen LogP contribution < -0.4 is 15.4 Å². The lowest BCUT2D eigenvalue weighted by Gasteiger charge is -2.13. The Balaban J connectivity index is 1.53. The van der Waals surface area contributed by atoms with E-state index in [1.165, 1.54) is 18.4 Å². The highest BCUT2D eigenvalue weighted by atomic mass is 16.5. The fourth-order valence-corrected chi connectivity index (χ4v) is 3.73. The van der Waals surface area contributed by atoms with Crippen LogP contribution in [-0.4, -0.2) is 40.6 Å². The molecular weight excluding hydrogens is 326 g/mol. The van der Waals surface area contributed by atoms with E-state index in [9.17, 15) is 0 Å². The van der Waals surface area contributed by atoms with E-state index in [2.05, 4.69) is 32.3 Å². The minimum absolute atomic E-state index is 0.450. The summed E-state index contributed by atoms with van der Waals surface area (Å²) in [7, 11) is 1.73. The number of pyridine rings is 2. The fraction of sp³-hybridized carbons (Fsp3) is 0.400. The molecule has 2 aliphatic rings. The maximum absolute atomic E-state index is 5.58. The van der Waals surface area contributed by atoms with Gasteiger partial charge in [-0.2, -0.15) is 0 Å². The van der Waals surface area contributed by atoms with Crippen molar-refractivity contribution in [2.75, 3.05) is 25.5 Å². The van der Waals surface area contributed by atoms with Crippen molar-refractivity contribution in [3.8, 4) is 17.1 Å². The van der Waals surface area contributed by atoms with E-state index in [1.54, 1.807) is 7.11 Å². The van der Waals surface area contributed by atoms with Gasteiger partial charge in [0.25, 0.3) is 0 Å². The van der Waals surface area contributed by atoms with Gasteiger partial charge in [-0.3, -0.25) is 4.40 Å². The van der Waals surface area contributed by atoms with Crippen LogP contribution in [0.5, 0.6) is 5.75 Å². The highest BCUT2D eigenvalue weighted by Gasteiger charge is 2.28. The van der Waals surface area contributed by atoms with Crippen LogP contribution in [0.25, 0.3) is 17.0 Å². The van der Waals surface area contributed by atoms with Crippen molar-refractivity contribution in [3.05, 3.63) is 42.2 Å². The first-order valence-electron chi connectivity index (χ1n) is 9.31. The largest absolute Gasteiger partial charge is 0.496 e. The van der Waals surface area contributed by atoms with Gasteiger partial charge in [0.2, 0.25) is 0 Å². The van der Waals surface area contributed by atoms with Crippen LogP contribution in [-0.2, 0) is 0 Å². The van der Waals surface area contributed by atoms with Gasteiger partial charge in [-0.1, -0.05) is 6.07 Å². The predicted octanol–water partition coefficient (Wildman–Crippen LogP) is 3.06. The molecule has 2 N–H and O–H groups in total. The molecule has 0 spiro atoms. The summed E-state index contributed by atoms with van der Waals surface area (Å²) in [6.07, 6.45) is 7.68. The van der Waals surface area contributed by atoms with Gasteiger partial charge < -0.3 is 15.4 Å². The van der Waals surface area contributed by atoms with Crippen molar-refractivity contribution < 1.29 is 4.74 Å². The number of nitrogens with one attached hydrogen (secondary N) is 2. The van der Waals surface area contributed by atoms with Crippen LogP contribution in [0.4, 0.5) is 5.82 Å².